The lowest BCUT2D eigenvalue weighted by Gasteiger charge is -2.08. The van der Waals surface area contributed by atoms with Crippen molar-refractivity contribution >= 4 is 51.4 Å². The van der Waals surface area contributed by atoms with Crippen LogP contribution in [0.5, 0.6) is 0 Å². The van der Waals surface area contributed by atoms with E-state index >= 15 is 0 Å². The van der Waals surface area contributed by atoms with Crippen LogP contribution in [-0.4, -0.2) is 24.4 Å². The molecule has 0 atom stereocenters. The summed E-state index contributed by atoms with van der Waals surface area (Å²) >= 11 is 12.7. The van der Waals surface area contributed by atoms with Crippen LogP contribution in [0.25, 0.3) is 11.1 Å². The van der Waals surface area contributed by atoms with Gasteiger partial charge in [0, 0.05) is 5.56 Å². The zero-order chi connectivity index (χ0) is 17.0. The van der Waals surface area contributed by atoms with E-state index < -0.39 is 17.7 Å². The van der Waals surface area contributed by atoms with Crippen LogP contribution in [0, 0.1) is 5.82 Å². The third-order valence-electron chi connectivity index (χ3n) is 2.85. The van der Waals surface area contributed by atoms with Crippen molar-refractivity contribution in [2.24, 2.45) is 0 Å². The fourth-order valence-corrected chi connectivity index (χ4v) is 3.38. The molecular formula is C15H12Cl2FNO3S. The highest BCUT2D eigenvalue weighted by atomic mass is 35.5. The number of esters is 1. The minimum absolute atomic E-state index is 0.131. The standard InChI is InChI=1S/C15H12Cl2FNO3S/c1-2-22-15(21)12-11(8-3-5-9(18)6-4-8)13(17)23-14(12)19-10(20)7-16/h3-6H,2,7H2,1H3,(H,19,20). The maximum Gasteiger partial charge on any atom is 0.341 e. The average molecular weight is 376 g/mol. The Labute approximate surface area is 146 Å². The molecule has 0 unspecified atom stereocenters. The van der Waals surface area contributed by atoms with Crippen LogP contribution in [0.1, 0.15) is 17.3 Å². The lowest BCUT2D eigenvalue weighted by molar-refractivity contribution is -0.113. The Kier molecular flexibility index (Phi) is 5.98. The minimum Gasteiger partial charge on any atom is -0.462 e. The van der Waals surface area contributed by atoms with Crippen LogP contribution >= 0.6 is 34.5 Å². The Balaban J connectivity index is 2.57. The molecule has 0 aliphatic heterocycles. The fraction of sp³-hybridized carbons (Fsp3) is 0.200. The number of amides is 1. The van der Waals surface area contributed by atoms with E-state index in [1.165, 1.54) is 24.3 Å². The van der Waals surface area contributed by atoms with E-state index in [1.54, 1.807) is 6.92 Å². The molecule has 0 saturated carbocycles. The van der Waals surface area contributed by atoms with Crippen molar-refractivity contribution in [1.82, 2.24) is 0 Å². The average Bonchev–Trinajstić information content (AvgIpc) is 2.84. The summed E-state index contributed by atoms with van der Waals surface area (Å²) < 4.78 is 18.4. The molecule has 0 bridgehead atoms. The smallest absolute Gasteiger partial charge is 0.341 e. The highest BCUT2D eigenvalue weighted by Crippen LogP contribution is 2.44. The van der Waals surface area contributed by atoms with E-state index in [0.717, 1.165) is 11.3 Å². The summed E-state index contributed by atoms with van der Waals surface area (Å²) in [6, 6.07) is 5.52. The number of thiophene rings is 1. The molecule has 23 heavy (non-hydrogen) atoms. The number of nitrogens with one attached hydrogen (secondary N) is 1. The highest BCUT2D eigenvalue weighted by molar-refractivity contribution is 7.21. The maximum absolute atomic E-state index is 13.1. The molecule has 0 spiro atoms. The summed E-state index contributed by atoms with van der Waals surface area (Å²) in [6.45, 7) is 1.83. The van der Waals surface area contributed by atoms with Gasteiger partial charge in [-0.1, -0.05) is 23.7 Å². The molecule has 8 heteroatoms. The number of hydrogen-bond acceptors (Lipinski definition) is 4. The molecule has 1 aromatic heterocycles. The number of anilines is 1. The molecule has 1 amide bonds. The summed E-state index contributed by atoms with van der Waals surface area (Å²) in [5.74, 6) is -1.77. The molecule has 0 saturated heterocycles. The topological polar surface area (TPSA) is 55.4 Å². The number of carbonyl (C=O) groups is 2. The van der Waals surface area contributed by atoms with Gasteiger partial charge in [0.05, 0.1) is 6.61 Å². The second-order valence-electron chi connectivity index (χ2n) is 4.36. The van der Waals surface area contributed by atoms with Crippen molar-refractivity contribution in [2.45, 2.75) is 6.92 Å². The zero-order valence-electron chi connectivity index (χ0n) is 12.0. The van der Waals surface area contributed by atoms with Gasteiger partial charge >= 0.3 is 5.97 Å². The maximum atomic E-state index is 13.1. The molecule has 122 valence electrons. The van der Waals surface area contributed by atoms with Crippen molar-refractivity contribution in [2.75, 3.05) is 17.8 Å². The number of ether oxygens (including phenoxy) is 1. The second-order valence-corrected chi connectivity index (χ2v) is 6.25. The van der Waals surface area contributed by atoms with Gasteiger partial charge in [0.15, 0.2) is 0 Å². The van der Waals surface area contributed by atoms with E-state index in [-0.39, 0.29) is 27.4 Å². The molecular weight excluding hydrogens is 364 g/mol. The van der Waals surface area contributed by atoms with Crippen LogP contribution in [-0.2, 0) is 9.53 Å². The van der Waals surface area contributed by atoms with Gasteiger partial charge in [0.1, 0.15) is 26.6 Å². The predicted molar refractivity (Wildman–Crippen MR) is 90.0 cm³/mol. The van der Waals surface area contributed by atoms with Crippen LogP contribution in [0.3, 0.4) is 0 Å². The number of rotatable bonds is 5. The molecule has 2 rings (SSSR count). The lowest BCUT2D eigenvalue weighted by atomic mass is 10.0. The zero-order valence-corrected chi connectivity index (χ0v) is 14.3. The summed E-state index contributed by atoms with van der Waals surface area (Å²) in [5.41, 5.74) is 1.06. The first-order chi connectivity index (χ1) is 11.0. The van der Waals surface area contributed by atoms with Gasteiger partial charge in [-0.3, -0.25) is 4.79 Å². The first kappa shape index (κ1) is 17.7. The molecule has 1 N–H and O–H groups in total. The minimum atomic E-state index is -0.625. The van der Waals surface area contributed by atoms with E-state index in [4.69, 9.17) is 27.9 Å². The molecule has 2 aromatic rings. The van der Waals surface area contributed by atoms with Crippen molar-refractivity contribution in [3.63, 3.8) is 0 Å². The summed E-state index contributed by atoms with van der Waals surface area (Å²) in [5, 5.41) is 2.78. The van der Waals surface area contributed by atoms with E-state index in [1.807, 2.05) is 0 Å². The number of benzene rings is 1. The summed E-state index contributed by atoms with van der Waals surface area (Å²) in [7, 11) is 0. The van der Waals surface area contributed by atoms with Crippen molar-refractivity contribution < 1.29 is 18.7 Å². The first-order valence-corrected chi connectivity index (χ1v) is 8.32. The van der Waals surface area contributed by atoms with Gasteiger partial charge in [-0.05, 0) is 24.6 Å². The normalized spacial score (nSPS) is 10.4. The highest BCUT2D eigenvalue weighted by Gasteiger charge is 2.26. The lowest BCUT2D eigenvalue weighted by Crippen LogP contribution is -2.15. The van der Waals surface area contributed by atoms with Gasteiger partial charge in [-0.25, -0.2) is 9.18 Å². The Bertz CT molecular complexity index is 731. The molecule has 1 aromatic carbocycles. The van der Waals surface area contributed by atoms with Crippen molar-refractivity contribution in [3.05, 3.63) is 40.0 Å². The quantitative estimate of drug-likeness (QED) is 0.615. The Morgan fingerprint density at radius 2 is 1.96 bits per heavy atom. The number of alkyl halides is 1. The largest absolute Gasteiger partial charge is 0.462 e. The van der Waals surface area contributed by atoms with Crippen molar-refractivity contribution in [1.29, 1.82) is 0 Å². The van der Waals surface area contributed by atoms with Crippen molar-refractivity contribution in [3.8, 4) is 11.1 Å². The van der Waals surface area contributed by atoms with Gasteiger partial charge in [0.2, 0.25) is 5.91 Å². The monoisotopic (exact) mass is 375 g/mol. The third kappa shape index (κ3) is 4.02. The molecule has 0 aliphatic carbocycles. The number of hydrogen-bond donors (Lipinski definition) is 1. The molecule has 4 nitrogen and oxygen atoms in total. The van der Waals surface area contributed by atoms with E-state index in [0.29, 0.717) is 11.1 Å². The summed E-state index contributed by atoms with van der Waals surface area (Å²) in [6.07, 6.45) is 0. The number of halogens is 3. The Morgan fingerprint density at radius 1 is 1.30 bits per heavy atom. The van der Waals surface area contributed by atoms with Gasteiger partial charge in [0.25, 0.3) is 0 Å². The molecule has 0 aliphatic rings. The van der Waals surface area contributed by atoms with Gasteiger partial charge in [-0.2, -0.15) is 0 Å². The Morgan fingerprint density at radius 3 is 2.52 bits per heavy atom. The van der Waals surface area contributed by atoms with Crippen LogP contribution in [0.4, 0.5) is 9.39 Å². The third-order valence-corrected chi connectivity index (χ3v) is 4.41. The summed E-state index contributed by atoms with van der Waals surface area (Å²) in [4.78, 5) is 23.8. The van der Waals surface area contributed by atoms with Gasteiger partial charge in [-0.15, -0.1) is 22.9 Å². The molecule has 0 radical (unpaired) electrons. The SMILES string of the molecule is CCOC(=O)c1c(NC(=O)CCl)sc(Cl)c1-c1ccc(F)cc1. The van der Waals surface area contributed by atoms with Crippen LogP contribution < -0.4 is 5.32 Å². The van der Waals surface area contributed by atoms with E-state index in [9.17, 15) is 14.0 Å². The van der Waals surface area contributed by atoms with E-state index in [2.05, 4.69) is 5.32 Å². The molecule has 0 fully saturated rings. The first-order valence-electron chi connectivity index (χ1n) is 6.59. The predicted octanol–water partition coefficient (Wildman–Crippen LogP) is 4.56. The molecule has 1 heterocycles. The van der Waals surface area contributed by atoms with Crippen LogP contribution in [0.2, 0.25) is 4.34 Å². The second kappa shape index (κ2) is 7.77. The fourth-order valence-electron chi connectivity index (χ4n) is 1.92. The van der Waals surface area contributed by atoms with Gasteiger partial charge < -0.3 is 10.1 Å². The Hall–Kier alpha value is -1.63. The number of carbonyl (C=O) groups excluding carboxylic acids is 2. The van der Waals surface area contributed by atoms with Crippen LogP contribution in [0.15, 0.2) is 24.3 Å².